The maximum Gasteiger partial charge on any atom is 0.243 e. The van der Waals surface area contributed by atoms with Crippen molar-refractivity contribution < 1.29 is 16.8 Å². The molecule has 2 aromatic carbocycles. The average molecular weight is 455 g/mol. The van der Waals surface area contributed by atoms with Crippen molar-refractivity contribution in [2.24, 2.45) is 0 Å². The second kappa shape index (κ2) is 7.67. The van der Waals surface area contributed by atoms with Gasteiger partial charge in [0.1, 0.15) is 0 Å². The summed E-state index contributed by atoms with van der Waals surface area (Å²) in [6.07, 6.45) is 4.04. The van der Waals surface area contributed by atoms with Crippen molar-refractivity contribution in [3.63, 3.8) is 0 Å². The van der Waals surface area contributed by atoms with Gasteiger partial charge in [-0.1, -0.05) is 23.7 Å². The van der Waals surface area contributed by atoms with Crippen LogP contribution < -0.4 is 4.72 Å². The van der Waals surface area contributed by atoms with E-state index in [9.17, 15) is 16.8 Å². The van der Waals surface area contributed by atoms with Crippen LogP contribution in [0.15, 0.2) is 58.3 Å². The molecule has 0 amide bonds. The van der Waals surface area contributed by atoms with Gasteiger partial charge in [-0.3, -0.25) is 0 Å². The molecule has 0 aromatic heterocycles. The first-order valence-corrected chi connectivity index (χ1v) is 12.9. The first kappa shape index (κ1) is 20.8. The van der Waals surface area contributed by atoms with E-state index in [1.54, 1.807) is 12.1 Å². The minimum Gasteiger partial charge on any atom is -0.207 e. The van der Waals surface area contributed by atoms with E-state index in [4.69, 9.17) is 11.6 Å². The third-order valence-electron chi connectivity index (χ3n) is 5.77. The zero-order valence-corrected chi connectivity index (χ0v) is 18.2. The van der Waals surface area contributed by atoms with Gasteiger partial charge in [0.05, 0.1) is 15.3 Å². The summed E-state index contributed by atoms with van der Waals surface area (Å²) in [5.74, 6) is 0. The highest BCUT2D eigenvalue weighted by Gasteiger charge is 2.42. The van der Waals surface area contributed by atoms with Gasteiger partial charge in [-0.25, -0.2) is 21.6 Å². The molecular weight excluding hydrogens is 432 g/mol. The van der Waals surface area contributed by atoms with Crippen LogP contribution in [0.3, 0.4) is 0 Å². The molecule has 156 valence electrons. The SMILES string of the molecule is O=S(=O)(NC1(c2ccc(Cl)cc2)CCC1)c1ccc(S(=O)(=O)N2CCCC2)cc1. The summed E-state index contributed by atoms with van der Waals surface area (Å²) in [5, 5.41) is 0.598. The fourth-order valence-corrected chi connectivity index (χ4v) is 7.03. The van der Waals surface area contributed by atoms with E-state index in [1.807, 2.05) is 12.1 Å². The Balaban J connectivity index is 1.58. The van der Waals surface area contributed by atoms with Gasteiger partial charge in [-0.05, 0) is 74.1 Å². The third-order valence-corrected chi connectivity index (χ3v) is 9.49. The lowest BCUT2D eigenvalue weighted by atomic mass is 9.73. The van der Waals surface area contributed by atoms with Crippen molar-refractivity contribution in [2.45, 2.75) is 47.4 Å². The van der Waals surface area contributed by atoms with Crippen molar-refractivity contribution >= 4 is 31.6 Å². The Kier molecular flexibility index (Phi) is 5.50. The van der Waals surface area contributed by atoms with Crippen molar-refractivity contribution in [2.75, 3.05) is 13.1 Å². The van der Waals surface area contributed by atoms with E-state index in [1.165, 1.54) is 28.6 Å². The fourth-order valence-electron chi connectivity index (χ4n) is 3.93. The highest BCUT2D eigenvalue weighted by atomic mass is 35.5. The van der Waals surface area contributed by atoms with E-state index in [0.29, 0.717) is 31.0 Å². The average Bonchev–Trinajstić information content (AvgIpc) is 3.21. The summed E-state index contributed by atoms with van der Waals surface area (Å²) in [5.41, 5.74) is 0.231. The van der Waals surface area contributed by atoms with E-state index >= 15 is 0 Å². The zero-order chi connectivity index (χ0) is 20.7. The van der Waals surface area contributed by atoms with Gasteiger partial charge in [0.2, 0.25) is 20.0 Å². The van der Waals surface area contributed by atoms with Gasteiger partial charge in [-0.15, -0.1) is 0 Å². The van der Waals surface area contributed by atoms with E-state index in [2.05, 4.69) is 4.72 Å². The molecule has 0 atom stereocenters. The van der Waals surface area contributed by atoms with Crippen LogP contribution in [0.5, 0.6) is 0 Å². The van der Waals surface area contributed by atoms with Crippen LogP contribution in [-0.2, 0) is 25.6 Å². The van der Waals surface area contributed by atoms with Crippen LogP contribution in [0.1, 0.15) is 37.7 Å². The Bertz CT molecular complexity index is 1090. The molecule has 1 aliphatic carbocycles. The molecule has 29 heavy (non-hydrogen) atoms. The molecule has 9 heteroatoms. The quantitative estimate of drug-likeness (QED) is 0.724. The molecule has 4 rings (SSSR count). The monoisotopic (exact) mass is 454 g/mol. The molecular formula is C20H23ClN2O4S2. The Hall–Kier alpha value is -1.45. The fraction of sp³-hybridized carbons (Fsp3) is 0.400. The van der Waals surface area contributed by atoms with Crippen LogP contribution in [0.4, 0.5) is 0 Å². The number of rotatable bonds is 6. The standard InChI is InChI=1S/C20H23ClN2O4S2/c21-17-6-4-16(5-7-17)20(12-3-13-20)22-28(24,25)18-8-10-19(11-9-18)29(26,27)23-14-1-2-15-23/h4-11,22H,1-3,12-15H2. The number of halogens is 1. The van der Waals surface area contributed by atoms with Gasteiger partial charge in [0.25, 0.3) is 0 Å². The molecule has 1 aliphatic heterocycles. The topological polar surface area (TPSA) is 83.5 Å². The summed E-state index contributed by atoms with van der Waals surface area (Å²) in [4.78, 5) is 0.174. The molecule has 2 aliphatic rings. The van der Waals surface area contributed by atoms with E-state index < -0.39 is 25.6 Å². The molecule has 1 saturated carbocycles. The molecule has 0 spiro atoms. The molecule has 2 aromatic rings. The zero-order valence-electron chi connectivity index (χ0n) is 15.8. The van der Waals surface area contributed by atoms with E-state index in [0.717, 1.165) is 24.8 Å². The van der Waals surface area contributed by atoms with Crippen molar-refractivity contribution in [1.29, 1.82) is 0 Å². The smallest absolute Gasteiger partial charge is 0.207 e. The summed E-state index contributed by atoms with van der Waals surface area (Å²) < 4.78 is 55.6. The van der Waals surface area contributed by atoms with Crippen molar-refractivity contribution in [3.05, 3.63) is 59.1 Å². The number of hydrogen-bond acceptors (Lipinski definition) is 4. The van der Waals surface area contributed by atoms with Crippen molar-refractivity contribution in [3.8, 4) is 0 Å². The summed E-state index contributed by atoms with van der Waals surface area (Å²) in [7, 11) is -7.38. The molecule has 1 heterocycles. The molecule has 0 bridgehead atoms. The Morgan fingerprint density at radius 1 is 0.793 bits per heavy atom. The van der Waals surface area contributed by atoms with E-state index in [-0.39, 0.29) is 9.79 Å². The maximum absolute atomic E-state index is 13.0. The molecule has 0 radical (unpaired) electrons. The lowest BCUT2D eigenvalue weighted by Crippen LogP contribution is -2.50. The van der Waals surface area contributed by atoms with Gasteiger partial charge >= 0.3 is 0 Å². The normalized spacial score (nSPS) is 19.8. The van der Waals surface area contributed by atoms with Crippen LogP contribution in [0.2, 0.25) is 5.02 Å². The second-order valence-corrected chi connectivity index (χ2v) is 11.7. The minimum atomic E-state index is -3.81. The molecule has 1 saturated heterocycles. The Labute approximate surface area is 177 Å². The van der Waals surface area contributed by atoms with Gasteiger partial charge in [0, 0.05) is 18.1 Å². The highest BCUT2D eigenvalue weighted by molar-refractivity contribution is 7.89. The highest BCUT2D eigenvalue weighted by Crippen LogP contribution is 2.42. The lowest BCUT2D eigenvalue weighted by molar-refractivity contribution is 0.224. The predicted molar refractivity (Wildman–Crippen MR) is 112 cm³/mol. The van der Waals surface area contributed by atoms with Crippen LogP contribution in [0, 0.1) is 0 Å². The molecule has 0 unspecified atom stereocenters. The Morgan fingerprint density at radius 3 is 1.86 bits per heavy atom. The first-order chi connectivity index (χ1) is 13.7. The first-order valence-electron chi connectivity index (χ1n) is 9.63. The lowest BCUT2D eigenvalue weighted by Gasteiger charge is -2.42. The second-order valence-electron chi connectivity index (χ2n) is 7.63. The summed E-state index contributed by atoms with van der Waals surface area (Å²) >= 11 is 5.96. The number of benzene rings is 2. The molecule has 6 nitrogen and oxygen atoms in total. The van der Waals surface area contributed by atoms with Gasteiger partial charge < -0.3 is 0 Å². The van der Waals surface area contributed by atoms with Crippen LogP contribution >= 0.6 is 11.6 Å². The third kappa shape index (κ3) is 3.96. The minimum absolute atomic E-state index is 0.0538. The number of nitrogens with zero attached hydrogens (tertiary/aromatic N) is 1. The van der Waals surface area contributed by atoms with Gasteiger partial charge in [-0.2, -0.15) is 4.31 Å². The van der Waals surface area contributed by atoms with Crippen LogP contribution in [0.25, 0.3) is 0 Å². The number of sulfonamides is 2. The summed E-state index contributed by atoms with van der Waals surface area (Å²) in [6, 6.07) is 12.7. The number of hydrogen-bond donors (Lipinski definition) is 1. The number of nitrogens with one attached hydrogen (secondary N) is 1. The van der Waals surface area contributed by atoms with Gasteiger partial charge in [0.15, 0.2) is 0 Å². The summed E-state index contributed by atoms with van der Waals surface area (Å²) in [6.45, 7) is 1.01. The molecule has 1 N–H and O–H groups in total. The largest absolute Gasteiger partial charge is 0.243 e. The maximum atomic E-state index is 13.0. The van der Waals surface area contributed by atoms with Crippen LogP contribution in [-0.4, -0.2) is 34.2 Å². The molecule has 2 fully saturated rings. The van der Waals surface area contributed by atoms with Crippen molar-refractivity contribution in [1.82, 2.24) is 9.03 Å². The Morgan fingerprint density at radius 2 is 1.34 bits per heavy atom. The predicted octanol–water partition coefficient (Wildman–Crippen LogP) is 3.48.